The normalized spacial score (nSPS) is 10.6. The molecule has 0 spiro atoms. The van der Waals surface area contributed by atoms with Crippen molar-refractivity contribution in [3.05, 3.63) is 80.3 Å². The van der Waals surface area contributed by atoms with Crippen molar-refractivity contribution >= 4 is 33.5 Å². The summed E-state index contributed by atoms with van der Waals surface area (Å²) in [6.07, 6.45) is 1.69. The van der Waals surface area contributed by atoms with Crippen LogP contribution < -0.4 is 10.9 Å². The van der Waals surface area contributed by atoms with E-state index in [9.17, 15) is 14.4 Å². The Morgan fingerprint density at radius 1 is 1.22 bits per heavy atom. The summed E-state index contributed by atoms with van der Waals surface area (Å²) in [6.45, 7) is 1.45. The lowest BCUT2D eigenvalue weighted by Crippen LogP contribution is -2.30. The highest BCUT2D eigenvalue weighted by atomic mass is 79.9. The number of ether oxygens (including phenoxy) is 1. The quantitative estimate of drug-likeness (QED) is 0.628. The number of rotatable bonds is 5. The molecule has 2 heterocycles. The number of carbonyl (C=O) groups excluding carboxylic acids is 2. The van der Waals surface area contributed by atoms with Gasteiger partial charge in [-0.3, -0.25) is 18.8 Å². The summed E-state index contributed by atoms with van der Waals surface area (Å²) < 4.78 is 7.29. The maximum Gasteiger partial charge on any atom is 0.325 e. The van der Waals surface area contributed by atoms with Crippen LogP contribution >= 0.6 is 15.9 Å². The second-order valence-electron chi connectivity index (χ2n) is 5.87. The number of nitrogens with zero attached hydrogens (tertiary/aromatic N) is 2. The Morgan fingerprint density at radius 2 is 2.04 bits per heavy atom. The van der Waals surface area contributed by atoms with E-state index in [4.69, 9.17) is 4.74 Å². The zero-order chi connectivity index (χ0) is 19.4. The van der Waals surface area contributed by atoms with Gasteiger partial charge in [-0.1, -0.05) is 28.1 Å². The Labute approximate surface area is 163 Å². The molecular weight excluding hydrogens is 414 g/mol. The summed E-state index contributed by atoms with van der Waals surface area (Å²) in [7, 11) is 0. The number of pyridine rings is 1. The second-order valence-corrected chi connectivity index (χ2v) is 6.79. The molecule has 0 aliphatic heterocycles. The topological polar surface area (TPSA) is 89.8 Å². The number of fused-ring (bicyclic) bond motifs is 1. The van der Waals surface area contributed by atoms with Crippen LogP contribution in [-0.4, -0.2) is 27.8 Å². The number of aromatic nitrogens is 2. The molecule has 0 aliphatic carbocycles. The Balaban J connectivity index is 1.58. The first kappa shape index (κ1) is 18.8. The van der Waals surface area contributed by atoms with Gasteiger partial charge < -0.3 is 10.1 Å². The van der Waals surface area contributed by atoms with Crippen LogP contribution in [-0.2, 0) is 16.1 Å². The van der Waals surface area contributed by atoms with Crippen LogP contribution in [0.4, 0.5) is 0 Å². The van der Waals surface area contributed by atoms with Gasteiger partial charge in [-0.2, -0.15) is 0 Å². The fourth-order valence-corrected chi connectivity index (χ4v) is 2.82. The van der Waals surface area contributed by atoms with E-state index < -0.39 is 5.97 Å². The van der Waals surface area contributed by atoms with Crippen LogP contribution in [0, 0.1) is 6.92 Å². The van der Waals surface area contributed by atoms with Gasteiger partial charge in [0.25, 0.3) is 11.5 Å². The lowest BCUT2D eigenvalue weighted by molar-refractivity contribution is -0.143. The molecule has 3 rings (SSSR count). The maximum atomic E-state index is 12.1. The number of aryl methyl sites for hydroxylation is 1. The molecule has 0 fully saturated rings. The van der Waals surface area contributed by atoms with E-state index in [2.05, 4.69) is 26.2 Å². The van der Waals surface area contributed by atoms with Crippen molar-refractivity contribution in [2.45, 2.75) is 13.5 Å². The van der Waals surface area contributed by atoms with Gasteiger partial charge in [0.05, 0.1) is 5.69 Å². The number of carbonyl (C=O) groups is 2. The van der Waals surface area contributed by atoms with Crippen molar-refractivity contribution in [1.29, 1.82) is 0 Å². The predicted octanol–water partition coefficient (Wildman–Crippen LogP) is 2.24. The van der Waals surface area contributed by atoms with Crippen LogP contribution in [0.25, 0.3) is 5.65 Å². The molecule has 0 atom stereocenters. The number of halogens is 1. The number of nitrogens with one attached hydrogen (secondary N) is 1. The van der Waals surface area contributed by atoms with Crippen molar-refractivity contribution < 1.29 is 14.3 Å². The average molecular weight is 430 g/mol. The molecule has 1 N–H and O–H groups in total. The number of hydrogen-bond acceptors (Lipinski definition) is 5. The first-order valence-electron chi connectivity index (χ1n) is 8.11. The first-order chi connectivity index (χ1) is 12.9. The molecule has 0 saturated heterocycles. The highest BCUT2D eigenvalue weighted by Gasteiger charge is 2.10. The summed E-state index contributed by atoms with van der Waals surface area (Å²) in [4.78, 5) is 40.3. The first-order valence-corrected chi connectivity index (χ1v) is 8.90. The van der Waals surface area contributed by atoms with E-state index in [1.807, 2.05) is 13.0 Å². The molecule has 0 aliphatic rings. The second kappa shape index (κ2) is 8.13. The number of benzene rings is 1. The Morgan fingerprint density at radius 3 is 2.81 bits per heavy atom. The highest BCUT2D eigenvalue weighted by molar-refractivity contribution is 9.10. The van der Waals surface area contributed by atoms with Crippen LogP contribution in [0.3, 0.4) is 0 Å². The van der Waals surface area contributed by atoms with E-state index in [1.165, 1.54) is 10.5 Å². The Kier molecular flexibility index (Phi) is 5.66. The van der Waals surface area contributed by atoms with E-state index in [1.54, 1.807) is 36.5 Å². The van der Waals surface area contributed by atoms with E-state index in [0.29, 0.717) is 16.9 Å². The number of esters is 1. The highest BCUT2D eigenvalue weighted by Crippen LogP contribution is 2.11. The molecule has 1 aromatic carbocycles. The van der Waals surface area contributed by atoms with Crippen LogP contribution in [0.5, 0.6) is 0 Å². The molecule has 7 nitrogen and oxygen atoms in total. The summed E-state index contributed by atoms with van der Waals surface area (Å²) >= 11 is 3.28. The minimum absolute atomic E-state index is 0.148. The fraction of sp³-hybridized carbons (Fsp3) is 0.158. The lowest BCUT2D eigenvalue weighted by Gasteiger charge is -2.08. The largest absolute Gasteiger partial charge is 0.458 e. The van der Waals surface area contributed by atoms with Crippen molar-refractivity contribution in [3.8, 4) is 0 Å². The average Bonchev–Trinajstić information content (AvgIpc) is 2.65. The number of amides is 1. The Bertz CT molecular complexity index is 1080. The summed E-state index contributed by atoms with van der Waals surface area (Å²) in [5.74, 6) is -1.00. The standard InChI is InChI=1S/C19H16BrN3O4/c1-12-5-6-16-22-15(8-17(24)23(16)10-12)11-27-18(25)9-21-19(26)13-3-2-4-14(20)7-13/h2-8,10H,9,11H2,1H3,(H,21,26). The van der Waals surface area contributed by atoms with Gasteiger partial charge in [0, 0.05) is 22.3 Å². The molecule has 138 valence electrons. The fourth-order valence-electron chi connectivity index (χ4n) is 2.42. The summed E-state index contributed by atoms with van der Waals surface area (Å²) in [5.41, 5.74) is 1.93. The molecule has 0 bridgehead atoms. The van der Waals surface area contributed by atoms with Crippen LogP contribution in [0.1, 0.15) is 21.6 Å². The van der Waals surface area contributed by atoms with Gasteiger partial charge in [0.15, 0.2) is 0 Å². The Hall–Kier alpha value is -3.00. The monoisotopic (exact) mass is 429 g/mol. The molecule has 2 aromatic heterocycles. The van der Waals surface area contributed by atoms with Crippen molar-refractivity contribution in [2.75, 3.05) is 6.54 Å². The lowest BCUT2D eigenvalue weighted by atomic mass is 10.2. The molecule has 27 heavy (non-hydrogen) atoms. The van der Waals surface area contributed by atoms with Gasteiger partial charge in [0.2, 0.25) is 0 Å². The van der Waals surface area contributed by atoms with E-state index in [-0.39, 0.29) is 24.6 Å². The molecular formula is C19H16BrN3O4. The predicted molar refractivity (Wildman–Crippen MR) is 102 cm³/mol. The molecule has 3 aromatic rings. The van der Waals surface area contributed by atoms with Crippen LogP contribution in [0.15, 0.2) is 57.9 Å². The van der Waals surface area contributed by atoms with Gasteiger partial charge in [-0.25, -0.2) is 4.98 Å². The zero-order valence-electron chi connectivity index (χ0n) is 14.4. The van der Waals surface area contributed by atoms with Gasteiger partial charge >= 0.3 is 5.97 Å². The van der Waals surface area contributed by atoms with Crippen molar-refractivity contribution in [1.82, 2.24) is 14.7 Å². The molecule has 0 saturated carbocycles. The smallest absolute Gasteiger partial charge is 0.325 e. The number of hydrogen-bond donors (Lipinski definition) is 1. The summed E-state index contributed by atoms with van der Waals surface area (Å²) in [5, 5.41) is 2.49. The zero-order valence-corrected chi connectivity index (χ0v) is 16.0. The summed E-state index contributed by atoms with van der Waals surface area (Å²) in [6, 6.07) is 11.7. The minimum atomic E-state index is -0.621. The third-order valence-electron chi connectivity index (χ3n) is 3.72. The van der Waals surface area contributed by atoms with Gasteiger partial charge in [-0.15, -0.1) is 0 Å². The maximum absolute atomic E-state index is 12.1. The molecule has 1 amide bonds. The molecule has 0 radical (unpaired) electrons. The van der Waals surface area contributed by atoms with E-state index in [0.717, 1.165) is 10.0 Å². The third-order valence-corrected chi connectivity index (χ3v) is 4.21. The van der Waals surface area contributed by atoms with Crippen molar-refractivity contribution in [3.63, 3.8) is 0 Å². The van der Waals surface area contributed by atoms with Crippen molar-refractivity contribution in [2.24, 2.45) is 0 Å². The SMILES string of the molecule is Cc1ccc2nc(COC(=O)CNC(=O)c3cccc(Br)c3)cc(=O)n2c1. The van der Waals surface area contributed by atoms with Gasteiger partial charge in [-0.05, 0) is 36.8 Å². The molecule has 0 unspecified atom stereocenters. The minimum Gasteiger partial charge on any atom is -0.458 e. The molecule has 8 heteroatoms. The van der Waals surface area contributed by atoms with Crippen LogP contribution in [0.2, 0.25) is 0 Å². The van der Waals surface area contributed by atoms with Gasteiger partial charge in [0.1, 0.15) is 18.8 Å². The third kappa shape index (κ3) is 4.79. The van der Waals surface area contributed by atoms with E-state index >= 15 is 0 Å².